The highest BCUT2D eigenvalue weighted by molar-refractivity contribution is 5.25. The van der Waals surface area contributed by atoms with Gasteiger partial charge < -0.3 is 5.11 Å². The summed E-state index contributed by atoms with van der Waals surface area (Å²) in [6.45, 7) is 15.2. The van der Waals surface area contributed by atoms with Gasteiger partial charge in [0.05, 0.1) is 6.10 Å². The first-order valence-corrected chi connectivity index (χ1v) is 13.0. The minimum Gasteiger partial charge on any atom is -0.393 e. The van der Waals surface area contributed by atoms with E-state index in [1.165, 1.54) is 57.8 Å². The van der Waals surface area contributed by atoms with Crippen LogP contribution in [0.4, 0.5) is 0 Å². The maximum atomic E-state index is 10.2. The Morgan fingerprint density at radius 3 is 2.55 bits per heavy atom. The zero-order valence-electron chi connectivity index (χ0n) is 20.3. The topological polar surface area (TPSA) is 20.2 Å². The SMILES string of the molecule is CC(C)CCCC(C)(C)[C@H]1CC[C@H]2[C@@H]3CC=C4C[C@@H](O)CC[C@]4(C)[C@H]3CC[C@]12C. The van der Waals surface area contributed by atoms with Crippen LogP contribution >= 0.6 is 0 Å². The van der Waals surface area contributed by atoms with E-state index in [0.29, 0.717) is 16.2 Å². The van der Waals surface area contributed by atoms with Crippen LogP contribution in [0.25, 0.3) is 0 Å². The maximum absolute atomic E-state index is 10.2. The second-order valence-electron chi connectivity index (χ2n) is 13.1. The van der Waals surface area contributed by atoms with Crippen molar-refractivity contribution in [1.29, 1.82) is 0 Å². The highest BCUT2D eigenvalue weighted by atomic mass is 16.3. The Kier molecular flexibility index (Phi) is 5.81. The van der Waals surface area contributed by atoms with Crippen LogP contribution < -0.4 is 0 Å². The lowest BCUT2D eigenvalue weighted by molar-refractivity contribution is -0.0695. The maximum Gasteiger partial charge on any atom is 0.0577 e. The fraction of sp³-hybridized carbons (Fsp3) is 0.929. The quantitative estimate of drug-likeness (QED) is 0.467. The van der Waals surface area contributed by atoms with Crippen molar-refractivity contribution in [3.05, 3.63) is 11.6 Å². The summed E-state index contributed by atoms with van der Waals surface area (Å²) < 4.78 is 0. The molecule has 7 atom stereocenters. The third-order valence-corrected chi connectivity index (χ3v) is 10.6. The molecule has 0 amide bonds. The Morgan fingerprint density at radius 1 is 1.07 bits per heavy atom. The van der Waals surface area contributed by atoms with Crippen LogP contribution in [0.5, 0.6) is 0 Å². The highest BCUT2D eigenvalue weighted by Crippen LogP contribution is 2.68. The van der Waals surface area contributed by atoms with E-state index in [4.69, 9.17) is 0 Å². The van der Waals surface area contributed by atoms with Crippen molar-refractivity contribution in [2.45, 2.75) is 118 Å². The Labute approximate surface area is 181 Å². The standard InChI is InChI=1S/C28H48O/c1-19(2)8-7-15-26(3,4)25-12-11-23-22-10-9-20-18-21(29)13-16-27(20,5)24(22)14-17-28(23,25)6/h9,19,21-25,29H,7-8,10-18H2,1-6H3/t21-,22-,23-,24-,25+,27-,28-/m0/s1. The van der Waals surface area contributed by atoms with Gasteiger partial charge in [0.2, 0.25) is 0 Å². The van der Waals surface area contributed by atoms with Crippen molar-refractivity contribution in [2.24, 2.45) is 45.8 Å². The number of fused-ring (bicyclic) bond motifs is 5. The molecule has 3 saturated carbocycles. The van der Waals surface area contributed by atoms with Gasteiger partial charge in [-0.2, -0.15) is 0 Å². The van der Waals surface area contributed by atoms with Gasteiger partial charge >= 0.3 is 0 Å². The molecule has 0 spiro atoms. The zero-order valence-corrected chi connectivity index (χ0v) is 20.3. The number of aliphatic hydroxyl groups excluding tert-OH is 1. The normalized spacial score (nSPS) is 44.8. The smallest absolute Gasteiger partial charge is 0.0577 e. The largest absolute Gasteiger partial charge is 0.393 e. The van der Waals surface area contributed by atoms with Gasteiger partial charge in [0.1, 0.15) is 0 Å². The number of allylic oxidation sites excluding steroid dienone is 1. The van der Waals surface area contributed by atoms with Crippen LogP contribution in [-0.2, 0) is 0 Å². The molecule has 0 bridgehead atoms. The third-order valence-electron chi connectivity index (χ3n) is 10.6. The van der Waals surface area contributed by atoms with Crippen molar-refractivity contribution in [1.82, 2.24) is 0 Å². The minimum atomic E-state index is -0.0813. The van der Waals surface area contributed by atoms with E-state index in [1.54, 1.807) is 5.57 Å². The van der Waals surface area contributed by atoms with Gasteiger partial charge in [-0.25, -0.2) is 0 Å². The lowest BCUT2D eigenvalue weighted by Crippen LogP contribution is -2.51. The van der Waals surface area contributed by atoms with Crippen LogP contribution in [0.3, 0.4) is 0 Å². The van der Waals surface area contributed by atoms with Crippen LogP contribution in [0.15, 0.2) is 11.6 Å². The fourth-order valence-electron chi connectivity index (χ4n) is 9.07. The Hall–Kier alpha value is -0.300. The number of hydrogen-bond donors (Lipinski definition) is 1. The molecule has 0 aromatic rings. The zero-order chi connectivity index (χ0) is 21.0. The molecule has 0 radical (unpaired) electrons. The van der Waals surface area contributed by atoms with Gasteiger partial charge in [-0.3, -0.25) is 0 Å². The van der Waals surface area contributed by atoms with Crippen LogP contribution in [0.1, 0.15) is 112 Å². The van der Waals surface area contributed by atoms with Gasteiger partial charge in [0.25, 0.3) is 0 Å². The molecule has 0 aromatic heterocycles. The predicted octanol–water partition coefficient (Wildman–Crippen LogP) is 7.78. The van der Waals surface area contributed by atoms with Crippen molar-refractivity contribution < 1.29 is 5.11 Å². The molecule has 0 aliphatic heterocycles. The van der Waals surface area contributed by atoms with E-state index in [9.17, 15) is 5.11 Å². The van der Waals surface area contributed by atoms with Crippen molar-refractivity contribution >= 4 is 0 Å². The van der Waals surface area contributed by atoms with Crippen LogP contribution in [0.2, 0.25) is 0 Å². The minimum absolute atomic E-state index is 0.0813. The predicted molar refractivity (Wildman–Crippen MR) is 124 cm³/mol. The van der Waals surface area contributed by atoms with Crippen LogP contribution in [0, 0.1) is 45.8 Å². The Bertz CT molecular complexity index is 630. The molecule has 1 heteroatoms. The first-order valence-electron chi connectivity index (χ1n) is 13.0. The molecule has 29 heavy (non-hydrogen) atoms. The van der Waals surface area contributed by atoms with Gasteiger partial charge in [-0.05, 0) is 104 Å². The molecule has 0 aromatic carbocycles. The molecule has 0 heterocycles. The van der Waals surface area contributed by atoms with E-state index < -0.39 is 0 Å². The van der Waals surface area contributed by atoms with E-state index in [-0.39, 0.29) is 6.10 Å². The summed E-state index contributed by atoms with van der Waals surface area (Å²) in [5.41, 5.74) is 3.04. The monoisotopic (exact) mass is 400 g/mol. The summed E-state index contributed by atoms with van der Waals surface area (Å²) in [6.07, 6.45) is 17.0. The second kappa shape index (κ2) is 7.68. The summed E-state index contributed by atoms with van der Waals surface area (Å²) in [6, 6.07) is 0. The lowest BCUT2D eigenvalue weighted by Gasteiger charge is -2.59. The van der Waals surface area contributed by atoms with Gasteiger partial charge in [-0.15, -0.1) is 0 Å². The van der Waals surface area contributed by atoms with E-state index in [0.717, 1.165) is 42.4 Å². The molecule has 4 rings (SSSR count). The van der Waals surface area contributed by atoms with E-state index >= 15 is 0 Å². The Balaban J connectivity index is 1.53. The lowest BCUT2D eigenvalue weighted by atomic mass is 9.46. The fourth-order valence-corrected chi connectivity index (χ4v) is 9.07. The molecule has 0 unspecified atom stereocenters. The summed E-state index contributed by atoms with van der Waals surface area (Å²) in [5, 5.41) is 10.2. The van der Waals surface area contributed by atoms with E-state index in [1.807, 2.05) is 0 Å². The molecule has 1 N–H and O–H groups in total. The average Bonchev–Trinajstić information content (AvgIpc) is 3.00. The van der Waals surface area contributed by atoms with Gasteiger partial charge in [-0.1, -0.05) is 66.0 Å². The number of aliphatic hydroxyl groups is 1. The number of hydrogen-bond acceptors (Lipinski definition) is 1. The third kappa shape index (κ3) is 3.66. The molecular formula is C28H48O. The molecule has 4 aliphatic rings. The molecular weight excluding hydrogens is 352 g/mol. The Morgan fingerprint density at radius 2 is 1.83 bits per heavy atom. The molecule has 0 saturated heterocycles. The second-order valence-corrected chi connectivity index (χ2v) is 13.1. The van der Waals surface area contributed by atoms with Crippen molar-refractivity contribution in [3.8, 4) is 0 Å². The molecule has 166 valence electrons. The first-order chi connectivity index (χ1) is 13.6. The molecule has 3 fully saturated rings. The summed E-state index contributed by atoms with van der Waals surface area (Å²) >= 11 is 0. The molecule has 4 aliphatic carbocycles. The van der Waals surface area contributed by atoms with Gasteiger partial charge in [0, 0.05) is 0 Å². The first kappa shape index (κ1) is 21.9. The van der Waals surface area contributed by atoms with Gasteiger partial charge in [0.15, 0.2) is 0 Å². The average molecular weight is 401 g/mol. The van der Waals surface area contributed by atoms with Crippen molar-refractivity contribution in [2.75, 3.05) is 0 Å². The summed E-state index contributed by atoms with van der Waals surface area (Å²) in [4.78, 5) is 0. The summed E-state index contributed by atoms with van der Waals surface area (Å²) in [7, 11) is 0. The molecule has 1 nitrogen and oxygen atoms in total. The van der Waals surface area contributed by atoms with E-state index in [2.05, 4.69) is 47.6 Å². The highest BCUT2D eigenvalue weighted by Gasteiger charge is 2.60. The number of rotatable bonds is 5. The van der Waals surface area contributed by atoms with Crippen LogP contribution in [-0.4, -0.2) is 11.2 Å². The summed E-state index contributed by atoms with van der Waals surface area (Å²) in [5.74, 6) is 4.44. The van der Waals surface area contributed by atoms with Crippen molar-refractivity contribution in [3.63, 3.8) is 0 Å².